The third kappa shape index (κ3) is 1.09. The minimum atomic E-state index is 0.312. The lowest BCUT2D eigenvalue weighted by Gasteiger charge is -2.54. The van der Waals surface area contributed by atoms with Gasteiger partial charge in [0.1, 0.15) is 11.9 Å². The predicted molar refractivity (Wildman–Crippen MR) is 80.1 cm³/mol. The van der Waals surface area contributed by atoms with E-state index in [0.717, 1.165) is 11.8 Å². The molecular formula is C19H22O. The second-order valence-electron chi connectivity index (χ2n) is 7.45. The summed E-state index contributed by atoms with van der Waals surface area (Å²) in [4.78, 5) is 0. The van der Waals surface area contributed by atoms with Crippen LogP contribution in [0.5, 0.6) is 5.75 Å². The fourth-order valence-corrected chi connectivity index (χ4v) is 5.79. The lowest BCUT2D eigenvalue weighted by atomic mass is 9.49. The van der Waals surface area contributed by atoms with Gasteiger partial charge in [0.05, 0.1) is 0 Å². The van der Waals surface area contributed by atoms with Gasteiger partial charge >= 0.3 is 0 Å². The van der Waals surface area contributed by atoms with Crippen LogP contribution in [0.2, 0.25) is 0 Å². The van der Waals surface area contributed by atoms with Gasteiger partial charge in [-0.05, 0) is 49.1 Å². The predicted octanol–water partition coefficient (Wildman–Crippen LogP) is 4.17. The highest BCUT2D eigenvalue weighted by Gasteiger charge is 2.61. The molecule has 1 heteroatoms. The van der Waals surface area contributed by atoms with E-state index in [1.54, 1.807) is 11.1 Å². The van der Waals surface area contributed by atoms with Crippen LogP contribution in [0.3, 0.4) is 0 Å². The Morgan fingerprint density at radius 2 is 2.15 bits per heavy atom. The third-order valence-electron chi connectivity index (χ3n) is 6.51. The molecule has 1 spiro atoms. The fourth-order valence-electron chi connectivity index (χ4n) is 5.79. The molecule has 0 saturated heterocycles. The van der Waals surface area contributed by atoms with Crippen molar-refractivity contribution in [2.24, 2.45) is 17.8 Å². The van der Waals surface area contributed by atoms with Gasteiger partial charge in [0.2, 0.25) is 0 Å². The van der Waals surface area contributed by atoms with Crippen molar-refractivity contribution >= 4 is 0 Å². The van der Waals surface area contributed by atoms with E-state index in [4.69, 9.17) is 4.74 Å². The zero-order valence-corrected chi connectivity index (χ0v) is 12.4. The molecule has 1 aliphatic heterocycles. The normalized spacial score (nSPS) is 43.1. The Kier molecular flexibility index (Phi) is 2.00. The van der Waals surface area contributed by atoms with Crippen LogP contribution in [0.1, 0.15) is 42.9 Å². The second kappa shape index (κ2) is 3.50. The van der Waals surface area contributed by atoms with E-state index in [-0.39, 0.29) is 0 Å². The summed E-state index contributed by atoms with van der Waals surface area (Å²) in [5.41, 5.74) is 4.85. The minimum Gasteiger partial charge on any atom is -0.488 e. The molecule has 20 heavy (non-hydrogen) atoms. The molecule has 0 N–H and O–H groups in total. The minimum absolute atomic E-state index is 0.312. The average Bonchev–Trinajstić information content (AvgIpc) is 2.78. The molecular weight excluding hydrogens is 244 g/mol. The maximum absolute atomic E-state index is 6.57. The molecule has 1 aromatic carbocycles. The molecule has 3 aliphatic carbocycles. The van der Waals surface area contributed by atoms with E-state index in [0.29, 0.717) is 17.4 Å². The highest BCUT2D eigenvalue weighted by atomic mass is 16.5. The highest BCUT2D eigenvalue weighted by Crippen LogP contribution is 2.64. The number of hydrogen-bond acceptors (Lipinski definition) is 1. The smallest absolute Gasteiger partial charge is 0.126 e. The Labute approximate surface area is 121 Å². The maximum atomic E-state index is 6.57. The van der Waals surface area contributed by atoms with Crippen LogP contribution in [0.4, 0.5) is 0 Å². The largest absolute Gasteiger partial charge is 0.488 e. The van der Waals surface area contributed by atoms with E-state index < -0.39 is 0 Å². The molecule has 1 fully saturated rings. The number of aryl methyl sites for hydroxylation is 1. The Bertz CT molecular complexity index is 629. The molecule has 104 valence electrons. The lowest BCUT2D eigenvalue weighted by molar-refractivity contribution is 0.0162. The van der Waals surface area contributed by atoms with E-state index in [9.17, 15) is 0 Å². The molecule has 2 unspecified atom stereocenters. The number of rotatable bonds is 0. The maximum Gasteiger partial charge on any atom is 0.126 e. The summed E-state index contributed by atoms with van der Waals surface area (Å²) >= 11 is 0. The van der Waals surface area contributed by atoms with Gasteiger partial charge < -0.3 is 4.74 Å². The van der Waals surface area contributed by atoms with Gasteiger partial charge in [0, 0.05) is 16.9 Å². The first-order chi connectivity index (χ1) is 9.72. The summed E-state index contributed by atoms with van der Waals surface area (Å²) in [6.07, 6.45) is 10.7. The van der Waals surface area contributed by atoms with Gasteiger partial charge in [0.15, 0.2) is 0 Å². The van der Waals surface area contributed by atoms with Crippen molar-refractivity contribution < 1.29 is 4.74 Å². The SMILES string of the molecule is Cc1ccc2c3c1O[C@H]1C(C)C=CC4[C@H](CCC[C@@]341)C2. The first kappa shape index (κ1) is 11.4. The van der Waals surface area contributed by atoms with Gasteiger partial charge in [-0.3, -0.25) is 0 Å². The first-order valence-electron chi connectivity index (χ1n) is 8.20. The van der Waals surface area contributed by atoms with E-state index in [2.05, 4.69) is 38.1 Å². The molecule has 0 aromatic heterocycles. The van der Waals surface area contributed by atoms with E-state index in [1.807, 2.05) is 0 Å². The number of allylic oxidation sites excluding steroid dienone is 1. The van der Waals surface area contributed by atoms with Gasteiger partial charge in [0.25, 0.3) is 0 Å². The molecule has 1 heterocycles. The van der Waals surface area contributed by atoms with E-state index >= 15 is 0 Å². The molecule has 1 nitrogen and oxygen atoms in total. The topological polar surface area (TPSA) is 9.23 Å². The first-order valence-corrected chi connectivity index (χ1v) is 8.20. The van der Waals surface area contributed by atoms with Gasteiger partial charge in [-0.25, -0.2) is 0 Å². The molecule has 4 aliphatic rings. The molecule has 5 atom stereocenters. The van der Waals surface area contributed by atoms with Crippen molar-refractivity contribution in [3.8, 4) is 5.75 Å². The summed E-state index contributed by atoms with van der Waals surface area (Å²) in [6.45, 7) is 4.55. The van der Waals surface area contributed by atoms with Crippen molar-refractivity contribution in [3.05, 3.63) is 41.0 Å². The van der Waals surface area contributed by atoms with Gasteiger partial charge in [-0.1, -0.05) is 37.6 Å². The van der Waals surface area contributed by atoms with Crippen LogP contribution in [0, 0.1) is 24.7 Å². The van der Waals surface area contributed by atoms with Crippen LogP contribution in [0.25, 0.3) is 0 Å². The van der Waals surface area contributed by atoms with Crippen LogP contribution in [-0.2, 0) is 11.8 Å². The fraction of sp³-hybridized carbons (Fsp3) is 0.579. The van der Waals surface area contributed by atoms with Gasteiger partial charge in [-0.15, -0.1) is 0 Å². The van der Waals surface area contributed by atoms with E-state index in [1.165, 1.54) is 37.0 Å². The average molecular weight is 266 g/mol. The molecule has 2 bridgehead atoms. The summed E-state index contributed by atoms with van der Waals surface area (Å²) < 4.78 is 6.57. The third-order valence-corrected chi connectivity index (χ3v) is 6.51. The number of ether oxygens (including phenoxy) is 1. The second-order valence-corrected chi connectivity index (χ2v) is 7.45. The van der Waals surface area contributed by atoms with Crippen LogP contribution < -0.4 is 4.74 Å². The van der Waals surface area contributed by atoms with Gasteiger partial charge in [-0.2, -0.15) is 0 Å². The zero-order valence-electron chi connectivity index (χ0n) is 12.4. The van der Waals surface area contributed by atoms with Crippen LogP contribution in [-0.4, -0.2) is 6.10 Å². The van der Waals surface area contributed by atoms with Crippen molar-refractivity contribution in [1.82, 2.24) is 0 Å². The molecule has 1 saturated carbocycles. The Balaban J connectivity index is 1.86. The van der Waals surface area contributed by atoms with Crippen molar-refractivity contribution in [1.29, 1.82) is 0 Å². The number of hydrogen-bond donors (Lipinski definition) is 0. The Hall–Kier alpha value is -1.24. The van der Waals surface area contributed by atoms with Crippen LogP contribution in [0.15, 0.2) is 24.3 Å². The summed E-state index contributed by atoms with van der Waals surface area (Å²) in [6, 6.07) is 4.66. The Morgan fingerprint density at radius 3 is 3.05 bits per heavy atom. The standard InChI is InChI=1S/C19H22O/c1-11-5-7-14-10-13-4-3-9-19-15(13)8-6-12(2)18(19)20-17(11)16(14)19/h5-8,12-13,15,18H,3-4,9-10H2,1-2H3/t12?,13-,15?,18+,19+/m1/s1. The number of benzene rings is 1. The Morgan fingerprint density at radius 1 is 1.25 bits per heavy atom. The molecule has 0 radical (unpaired) electrons. The molecule has 5 rings (SSSR count). The van der Waals surface area contributed by atoms with Crippen molar-refractivity contribution in [2.75, 3.05) is 0 Å². The quantitative estimate of drug-likeness (QED) is 0.640. The highest BCUT2D eigenvalue weighted by molar-refractivity contribution is 5.58. The summed E-state index contributed by atoms with van der Waals surface area (Å²) in [5, 5.41) is 0. The lowest BCUT2D eigenvalue weighted by Crippen LogP contribution is -2.55. The summed E-state index contributed by atoms with van der Waals surface area (Å²) in [7, 11) is 0. The molecule has 1 aromatic rings. The monoisotopic (exact) mass is 266 g/mol. The molecule has 0 amide bonds. The van der Waals surface area contributed by atoms with Crippen molar-refractivity contribution in [3.63, 3.8) is 0 Å². The van der Waals surface area contributed by atoms with Crippen molar-refractivity contribution in [2.45, 2.75) is 51.0 Å². The zero-order chi connectivity index (χ0) is 13.5. The summed E-state index contributed by atoms with van der Waals surface area (Å²) in [5.74, 6) is 3.36. The van der Waals surface area contributed by atoms with Crippen LogP contribution >= 0.6 is 0 Å².